The number of rotatable bonds is 3. The lowest BCUT2D eigenvalue weighted by Gasteiger charge is -2.24. The van der Waals surface area contributed by atoms with Gasteiger partial charge in [-0.1, -0.05) is 23.9 Å². The van der Waals surface area contributed by atoms with E-state index in [1.165, 1.54) is 0 Å². The summed E-state index contributed by atoms with van der Waals surface area (Å²) in [7, 11) is 1.83. The molecule has 0 saturated carbocycles. The molecule has 6 nitrogen and oxygen atoms in total. The smallest absolute Gasteiger partial charge is 0.224 e. The fourth-order valence-electron chi connectivity index (χ4n) is 2.17. The Morgan fingerprint density at radius 1 is 1.25 bits per heavy atom. The van der Waals surface area contributed by atoms with Crippen LogP contribution in [0.15, 0.2) is 41.2 Å². The molecule has 1 heterocycles. The fraction of sp³-hybridized carbons (Fsp3) is 0.357. The number of carbonyl (C=O) groups excluding carboxylic acids is 1. The van der Waals surface area contributed by atoms with Gasteiger partial charge in [0.05, 0.1) is 5.69 Å². The Labute approximate surface area is 118 Å². The van der Waals surface area contributed by atoms with Crippen molar-refractivity contribution in [3.8, 4) is 0 Å². The molecule has 1 saturated heterocycles. The lowest BCUT2D eigenvalue weighted by atomic mass is 10.1. The molecule has 0 aromatic heterocycles. The number of nitrogens with zero attached hydrogens (tertiary/aromatic N) is 4. The second-order valence-electron chi connectivity index (χ2n) is 4.76. The van der Waals surface area contributed by atoms with Gasteiger partial charge in [-0.25, -0.2) is 0 Å². The lowest BCUT2D eigenvalue weighted by Crippen LogP contribution is -2.29. The summed E-state index contributed by atoms with van der Waals surface area (Å²) < 4.78 is 0. The van der Waals surface area contributed by atoms with Crippen LogP contribution in [0.4, 0.5) is 5.69 Å². The van der Waals surface area contributed by atoms with Crippen LogP contribution >= 0.6 is 0 Å². The van der Waals surface area contributed by atoms with E-state index < -0.39 is 0 Å². The van der Waals surface area contributed by atoms with Crippen LogP contribution in [-0.2, 0) is 4.79 Å². The Hall–Kier alpha value is -2.37. The highest BCUT2D eigenvalue weighted by atomic mass is 16.2. The zero-order chi connectivity index (χ0) is 14.5. The zero-order valence-corrected chi connectivity index (χ0v) is 11.6. The molecule has 1 aliphatic heterocycles. The zero-order valence-electron chi connectivity index (χ0n) is 11.6. The second-order valence-corrected chi connectivity index (χ2v) is 4.76. The van der Waals surface area contributed by atoms with Gasteiger partial charge < -0.3 is 15.6 Å². The maximum absolute atomic E-state index is 11.7. The number of benzene rings is 1. The van der Waals surface area contributed by atoms with E-state index in [0.29, 0.717) is 18.7 Å². The molecule has 2 N–H and O–H groups in total. The van der Waals surface area contributed by atoms with E-state index in [4.69, 9.17) is 5.84 Å². The molecular formula is C14H19N5O. The summed E-state index contributed by atoms with van der Waals surface area (Å²) in [5.41, 5.74) is 2.64. The highest BCUT2D eigenvalue weighted by Crippen LogP contribution is 2.22. The summed E-state index contributed by atoms with van der Waals surface area (Å²) in [6.07, 6.45) is 0.523. The first-order valence-electron chi connectivity index (χ1n) is 6.51. The number of nitrogens with two attached hydrogens (primary N) is 1. The highest BCUT2D eigenvalue weighted by molar-refractivity contribution is 5.77. The molecule has 0 unspecified atom stereocenters. The molecule has 1 fully saturated rings. The van der Waals surface area contributed by atoms with Crippen LogP contribution < -0.4 is 5.84 Å². The Morgan fingerprint density at radius 2 is 1.95 bits per heavy atom. The molecule has 0 spiro atoms. The molecule has 2 rings (SSSR count). The van der Waals surface area contributed by atoms with Gasteiger partial charge in [-0.3, -0.25) is 4.79 Å². The summed E-state index contributed by atoms with van der Waals surface area (Å²) >= 11 is 0. The van der Waals surface area contributed by atoms with Crippen molar-refractivity contribution in [2.45, 2.75) is 6.42 Å². The molecule has 1 amide bonds. The molecule has 20 heavy (non-hydrogen) atoms. The van der Waals surface area contributed by atoms with Crippen molar-refractivity contribution in [1.82, 2.24) is 9.80 Å². The maximum Gasteiger partial charge on any atom is 0.224 e. The third-order valence-corrected chi connectivity index (χ3v) is 3.48. The van der Waals surface area contributed by atoms with E-state index in [1.54, 1.807) is 4.90 Å². The van der Waals surface area contributed by atoms with Crippen molar-refractivity contribution < 1.29 is 4.79 Å². The summed E-state index contributed by atoms with van der Waals surface area (Å²) in [4.78, 5) is 15.6. The first-order chi connectivity index (χ1) is 9.61. The standard InChI is InChI=1S/C14H19N5O/c1-11(12-3-5-13(6-4-12)16-17-15)19-8-7-14(20)18(2)9-10-19/h3-6H,1,7-10H2,2H3,(H2,15,16). The van der Waals surface area contributed by atoms with Crippen LogP contribution in [0.3, 0.4) is 0 Å². The van der Waals surface area contributed by atoms with Crippen LogP contribution in [0.2, 0.25) is 0 Å². The first-order valence-corrected chi connectivity index (χ1v) is 6.51. The second kappa shape index (κ2) is 6.18. The molecule has 0 radical (unpaired) electrons. The third-order valence-electron chi connectivity index (χ3n) is 3.48. The van der Waals surface area contributed by atoms with Gasteiger partial charge in [-0.2, -0.15) is 0 Å². The minimum atomic E-state index is 0.180. The van der Waals surface area contributed by atoms with Crippen molar-refractivity contribution in [1.29, 1.82) is 0 Å². The molecule has 1 aromatic carbocycles. The van der Waals surface area contributed by atoms with Crippen molar-refractivity contribution >= 4 is 17.3 Å². The molecule has 6 heteroatoms. The summed E-state index contributed by atoms with van der Waals surface area (Å²) in [6, 6.07) is 7.55. The average molecular weight is 273 g/mol. The molecule has 1 aromatic rings. The van der Waals surface area contributed by atoms with Gasteiger partial charge in [0.15, 0.2) is 0 Å². The van der Waals surface area contributed by atoms with Crippen molar-refractivity contribution in [3.05, 3.63) is 36.4 Å². The normalized spacial score (nSPS) is 16.6. The predicted molar refractivity (Wildman–Crippen MR) is 78.0 cm³/mol. The molecular weight excluding hydrogens is 254 g/mol. The maximum atomic E-state index is 11.7. The SMILES string of the molecule is C=C(c1ccc(N=NN)cc1)N1CCC(=O)N(C)CC1. The minimum Gasteiger partial charge on any atom is -0.369 e. The Balaban J connectivity index is 2.08. The molecule has 0 bridgehead atoms. The molecule has 0 atom stereocenters. The number of hydrogen-bond donors (Lipinski definition) is 1. The number of hydrogen-bond acceptors (Lipinski definition) is 4. The monoisotopic (exact) mass is 273 g/mol. The molecule has 1 aliphatic rings. The predicted octanol–water partition coefficient (Wildman–Crippen LogP) is 1.78. The van der Waals surface area contributed by atoms with Crippen LogP contribution in [0, 0.1) is 0 Å². The van der Waals surface area contributed by atoms with Gasteiger partial charge in [0.1, 0.15) is 0 Å². The first kappa shape index (κ1) is 14.0. The van der Waals surface area contributed by atoms with E-state index in [9.17, 15) is 4.79 Å². The Bertz CT molecular complexity index is 523. The number of carbonyl (C=O) groups is 1. The van der Waals surface area contributed by atoms with Gasteiger partial charge in [0.25, 0.3) is 0 Å². The van der Waals surface area contributed by atoms with E-state index in [2.05, 4.69) is 21.8 Å². The summed E-state index contributed by atoms with van der Waals surface area (Å²) in [6.45, 7) is 6.35. The molecule has 106 valence electrons. The van der Waals surface area contributed by atoms with E-state index in [0.717, 1.165) is 24.4 Å². The van der Waals surface area contributed by atoms with Crippen molar-refractivity contribution in [3.63, 3.8) is 0 Å². The highest BCUT2D eigenvalue weighted by Gasteiger charge is 2.19. The van der Waals surface area contributed by atoms with Crippen molar-refractivity contribution in [2.75, 3.05) is 26.7 Å². The largest absolute Gasteiger partial charge is 0.369 e. The summed E-state index contributed by atoms with van der Waals surface area (Å²) in [5, 5.41) is 7.01. The van der Waals surface area contributed by atoms with Crippen LogP contribution in [0.5, 0.6) is 0 Å². The van der Waals surface area contributed by atoms with Gasteiger partial charge in [-0.15, -0.1) is 5.11 Å². The minimum absolute atomic E-state index is 0.180. The lowest BCUT2D eigenvalue weighted by molar-refractivity contribution is -0.129. The van der Waals surface area contributed by atoms with Gasteiger partial charge in [0.2, 0.25) is 5.91 Å². The van der Waals surface area contributed by atoms with Gasteiger partial charge in [0, 0.05) is 38.8 Å². The third kappa shape index (κ3) is 3.14. The summed E-state index contributed by atoms with van der Waals surface area (Å²) in [5.74, 6) is 5.19. The Morgan fingerprint density at radius 3 is 2.60 bits per heavy atom. The number of likely N-dealkylation sites (N-methyl/N-ethyl adjacent to an activating group) is 1. The van der Waals surface area contributed by atoms with Gasteiger partial charge in [-0.05, 0) is 17.7 Å². The quantitative estimate of drug-likeness (QED) is 0.518. The van der Waals surface area contributed by atoms with Gasteiger partial charge >= 0.3 is 0 Å². The van der Waals surface area contributed by atoms with Crippen molar-refractivity contribution in [2.24, 2.45) is 16.2 Å². The molecule has 0 aliphatic carbocycles. The Kier molecular flexibility index (Phi) is 4.34. The average Bonchev–Trinajstić information content (AvgIpc) is 2.62. The van der Waals surface area contributed by atoms with E-state index in [-0.39, 0.29) is 5.91 Å². The van der Waals surface area contributed by atoms with E-state index >= 15 is 0 Å². The van der Waals surface area contributed by atoms with Crippen LogP contribution in [-0.4, -0.2) is 42.4 Å². The fourth-order valence-corrected chi connectivity index (χ4v) is 2.17. The number of amides is 1. The van der Waals surface area contributed by atoms with Crippen LogP contribution in [0.25, 0.3) is 5.70 Å². The van der Waals surface area contributed by atoms with Crippen LogP contribution in [0.1, 0.15) is 12.0 Å². The topological polar surface area (TPSA) is 74.3 Å². The van der Waals surface area contributed by atoms with E-state index in [1.807, 2.05) is 31.3 Å².